The normalized spacial score (nSPS) is 17.0. The summed E-state index contributed by atoms with van der Waals surface area (Å²) in [5.74, 6) is 0. The molecule has 0 saturated carbocycles. The molecule has 2 rings (SSSR count). The Balaban J connectivity index is 2.26. The molecule has 1 heterocycles. The first kappa shape index (κ1) is 11.0. The van der Waals surface area contributed by atoms with Crippen LogP contribution >= 0.6 is 0 Å². The Kier molecular flexibility index (Phi) is 3.14. The van der Waals surface area contributed by atoms with Gasteiger partial charge in [-0.1, -0.05) is 30.4 Å². The van der Waals surface area contributed by atoms with Crippen molar-refractivity contribution in [1.29, 1.82) is 0 Å². The third-order valence-electron chi connectivity index (χ3n) is 3.36. The van der Waals surface area contributed by atoms with Gasteiger partial charge in [-0.2, -0.15) is 0 Å². The average Bonchev–Trinajstić information content (AvgIpc) is 2.30. The van der Waals surface area contributed by atoms with E-state index in [0.29, 0.717) is 0 Å². The summed E-state index contributed by atoms with van der Waals surface area (Å²) in [5, 5.41) is 3.67. The highest BCUT2D eigenvalue weighted by molar-refractivity contribution is 5.55. The number of fused-ring (bicyclic) bond motifs is 1. The number of para-hydroxylation sites is 1. The van der Waals surface area contributed by atoms with E-state index in [2.05, 4.69) is 42.7 Å². The summed E-state index contributed by atoms with van der Waals surface area (Å²) in [6.07, 6.45) is 8.29. The Morgan fingerprint density at radius 3 is 2.56 bits per heavy atom. The highest BCUT2D eigenvalue weighted by atomic mass is 15.0. The number of hydrogen-bond acceptors (Lipinski definition) is 1. The van der Waals surface area contributed by atoms with Gasteiger partial charge < -0.3 is 5.32 Å². The van der Waals surface area contributed by atoms with E-state index in [1.165, 1.54) is 11.3 Å². The fourth-order valence-corrected chi connectivity index (χ4v) is 2.52. The molecule has 84 valence electrons. The van der Waals surface area contributed by atoms with Crippen molar-refractivity contribution in [3.8, 4) is 0 Å². The van der Waals surface area contributed by atoms with Crippen LogP contribution in [0.25, 0.3) is 0 Å². The Morgan fingerprint density at radius 1 is 1.19 bits per heavy atom. The largest absolute Gasteiger partial charge is 0.379 e. The van der Waals surface area contributed by atoms with Crippen LogP contribution in [0.2, 0.25) is 0 Å². The van der Waals surface area contributed by atoms with Crippen molar-refractivity contribution in [2.45, 2.75) is 31.2 Å². The molecule has 0 fully saturated rings. The molecule has 1 aliphatic heterocycles. The van der Waals surface area contributed by atoms with E-state index in [1.54, 1.807) is 0 Å². The molecule has 0 unspecified atom stereocenters. The molecule has 1 aromatic rings. The highest BCUT2D eigenvalue weighted by Crippen LogP contribution is 2.35. The zero-order valence-electron chi connectivity index (χ0n) is 9.71. The molecule has 0 spiro atoms. The third-order valence-corrected chi connectivity index (χ3v) is 3.36. The summed E-state index contributed by atoms with van der Waals surface area (Å²) in [6, 6.07) is 8.56. The minimum absolute atomic E-state index is 0.137. The van der Waals surface area contributed by atoms with Crippen LogP contribution in [0.1, 0.15) is 24.8 Å². The second-order valence-electron chi connectivity index (χ2n) is 4.55. The van der Waals surface area contributed by atoms with E-state index < -0.39 is 0 Å². The highest BCUT2D eigenvalue weighted by Gasteiger charge is 2.31. The van der Waals surface area contributed by atoms with E-state index in [-0.39, 0.29) is 5.54 Å². The summed E-state index contributed by atoms with van der Waals surface area (Å²) in [7, 11) is 0. The van der Waals surface area contributed by atoms with Gasteiger partial charge in [0.05, 0.1) is 0 Å². The molecular weight excluding hydrogens is 194 g/mol. The molecule has 0 radical (unpaired) electrons. The van der Waals surface area contributed by atoms with Crippen LogP contribution in [0.5, 0.6) is 0 Å². The van der Waals surface area contributed by atoms with Gasteiger partial charge in [0.25, 0.3) is 0 Å². The van der Waals surface area contributed by atoms with E-state index >= 15 is 0 Å². The molecule has 0 saturated heterocycles. The smallest absolute Gasteiger partial charge is 0.0445 e. The first-order valence-corrected chi connectivity index (χ1v) is 5.87. The summed E-state index contributed by atoms with van der Waals surface area (Å²) >= 11 is 0. The fraction of sp³-hybridized carbons (Fsp3) is 0.333. The van der Waals surface area contributed by atoms with Gasteiger partial charge in [-0.25, -0.2) is 0 Å². The Labute approximate surface area is 97.9 Å². The van der Waals surface area contributed by atoms with Crippen molar-refractivity contribution in [2.75, 3.05) is 5.32 Å². The van der Waals surface area contributed by atoms with E-state index in [1.807, 2.05) is 12.2 Å². The number of aryl methyl sites for hydroxylation is 1. The van der Waals surface area contributed by atoms with Gasteiger partial charge in [-0.15, -0.1) is 13.2 Å². The first-order valence-electron chi connectivity index (χ1n) is 5.87. The standard InChI is InChI=1S/C15H19N/c1-3-10-15(11-4-2)12-9-13-7-5-6-8-14(13)16-15/h3-8,16H,1-2,9-12H2. The number of rotatable bonds is 4. The molecule has 1 aromatic carbocycles. The monoisotopic (exact) mass is 213 g/mol. The molecule has 0 atom stereocenters. The van der Waals surface area contributed by atoms with Crippen LogP contribution in [0.4, 0.5) is 5.69 Å². The van der Waals surface area contributed by atoms with Crippen LogP contribution in [0, 0.1) is 0 Å². The zero-order valence-corrected chi connectivity index (χ0v) is 9.71. The molecule has 1 aliphatic rings. The Morgan fingerprint density at radius 2 is 1.88 bits per heavy atom. The zero-order chi connectivity index (χ0) is 11.4. The molecule has 1 N–H and O–H groups in total. The van der Waals surface area contributed by atoms with Gasteiger partial charge in [0.1, 0.15) is 0 Å². The van der Waals surface area contributed by atoms with Gasteiger partial charge in [-0.3, -0.25) is 0 Å². The second-order valence-corrected chi connectivity index (χ2v) is 4.55. The number of benzene rings is 1. The lowest BCUT2D eigenvalue weighted by Crippen LogP contribution is -2.40. The molecule has 0 amide bonds. The van der Waals surface area contributed by atoms with Crippen molar-refractivity contribution in [3.63, 3.8) is 0 Å². The number of anilines is 1. The predicted octanol–water partition coefficient (Wildman–Crippen LogP) is 3.94. The van der Waals surface area contributed by atoms with Crippen LogP contribution < -0.4 is 5.32 Å². The van der Waals surface area contributed by atoms with Gasteiger partial charge >= 0.3 is 0 Å². The molecule has 1 heteroatoms. The average molecular weight is 213 g/mol. The maximum atomic E-state index is 3.86. The van der Waals surface area contributed by atoms with E-state index in [9.17, 15) is 0 Å². The Hall–Kier alpha value is -1.50. The van der Waals surface area contributed by atoms with Gasteiger partial charge in [0.2, 0.25) is 0 Å². The van der Waals surface area contributed by atoms with Crippen LogP contribution in [-0.4, -0.2) is 5.54 Å². The molecule has 0 bridgehead atoms. The lowest BCUT2D eigenvalue weighted by atomic mass is 9.81. The lowest BCUT2D eigenvalue weighted by molar-refractivity contribution is 0.427. The quantitative estimate of drug-likeness (QED) is 0.747. The van der Waals surface area contributed by atoms with E-state index in [4.69, 9.17) is 0 Å². The maximum Gasteiger partial charge on any atom is 0.0445 e. The Bertz CT molecular complexity index is 382. The molecule has 0 aromatic heterocycles. The second kappa shape index (κ2) is 4.56. The number of hydrogen-bond donors (Lipinski definition) is 1. The van der Waals surface area contributed by atoms with Crippen molar-refractivity contribution in [1.82, 2.24) is 0 Å². The van der Waals surface area contributed by atoms with E-state index in [0.717, 1.165) is 25.7 Å². The maximum absolute atomic E-state index is 3.86. The molecule has 1 nitrogen and oxygen atoms in total. The van der Waals surface area contributed by atoms with Crippen LogP contribution in [0.15, 0.2) is 49.6 Å². The fourth-order valence-electron chi connectivity index (χ4n) is 2.52. The minimum Gasteiger partial charge on any atom is -0.379 e. The lowest BCUT2D eigenvalue weighted by Gasteiger charge is -2.39. The summed E-state index contributed by atoms with van der Waals surface area (Å²) in [4.78, 5) is 0. The van der Waals surface area contributed by atoms with Gasteiger partial charge in [-0.05, 0) is 37.3 Å². The van der Waals surface area contributed by atoms with Crippen LogP contribution in [-0.2, 0) is 6.42 Å². The van der Waals surface area contributed by atoms with Crippen molar-refractivity contribution in [2.24, 2.45) is 0 Å². The van der Waals surface area contributed by atoms with Gasteiger partial charge in [0.15, 0.2) is 0 Å². The molecular formula is C15H19N. The van der Waals surface area contributed by atoms with Crippen LogP contribution in [0.3, 0.4) is 0 Å². The molecule has 0 aliphatic carbocycles. The topological polar surface area (TPSA) is 12.0 Å². The summed E-state index contributed by atoms with van der Waals surface area (Å²) in [6.45, 7) is 7.73. The molecule has 16 heavy (non-hydrogen) atoms. The van der Waals surface area contributed by atoms with Gasteiger partial charge in [0, 0.05) is 11.2 Å². The third kappa shape index (κ3) is 2.04. The first-order chi connectivity index (χ1) is 7.79. The predicted molar refractivity (Wildman–Crippen MR) is 70.7 cm³/mol. The SMILES string of the molecule is C=CCC1(CC=C)CCc2ccccc2N1. The van der Waals surface area contributed by atoms with Crippen molar-refractivity contribution < 1.29 is 0 Å². The summed E-state index contributed by atoms with van der Waals surface area (Å²) < 4.78 is 0. The minimum atomic E-state index is 0.137. The number of nitrogens with one attached hydrogen (secondary N) is 1. The summed E-state index contributed by atoms with van der Waals surface area (Å²) in [5.41, 5.74) is 2.83. The van der Waals surface area contributed by atoms with Crippen molar-refractivity contribution in [3.05, 3.63) is 55.1 Å². The van der Waals surface area contributed by atoms with Crippen molar-refractivity contribution >= 4 is 5.69 Å².